The van der Waals surface area contributed by atoms with Crippen molar-refractivity contribution in [3.63, 3.8) is 0 Å². The molecule has 1 aromatic carbocycles. The van der Waals surface area contributed by atoms with E-state index in [1.807, 2.05) is 0 Å². The van der Waals surface area contributed by atoms with E-state index in [9.17, 15) is 9.59 Å². The van der Waals surface area contributed by atoms with Crippen LogP contribution in [0, 0.1) is 12.8 Å². The lowest BCUT2D eigenvalue weighted by Crippen LogP contribution is -2.64. The van der Waals surface area contributed by atoms with Crippen molar-refractivity contribution < 1.29 is 9.59 Å². The summed E-state index contributed by atoms with van der Waals surface area (Å²) in [5, 5.41) is 2.49. The molecule has 0 spiro atoms. The van der Waals surface area contributed by atoms with Gasteiger partial charge in [0, 0.05) is 46.3 Å². The van der Waals surface area contributed by atoms with E-state index in [0.29, 0.717) is 5.92 Å². The van der Waals surface area contributed by atoms with Gasteiger partial charge in [-0.15, -0.1) is 0 Å². The maximum atomic E-state index is 12.7. The lowest BCUT2D eigenvalue weighted by Gasteiger charge is -2.40. The third-order valence-electron chi connectivity index (χ3n) is 6.60. The van der Waals surface area contributed by atoms with E-state index in [2.05, 4.69) is 65.1 Å². The van der Waals surface area contributed by atoms with Crippen molar-refractivity contribution in [2.45, 2.75) is 45.9 Å². The highest BCUT2D eigenvalue weighted by atomic mass is 16.2. The fourth-order valence-corrected chi connectivity index (χ4v) is 4.55. The van der Waals surface area contributed by atoms with Crippen molar-refractivity contribution in [3.05, 3.63) is 35.4 Å². The molecule has 8 heteroatoms. The second-order valence-corrected chi connectivity index (χ2v) is 9.26. The van der Waals surface area contributed by atoms with Crippen molar-refractivity contribution in [1.29, 1.82) is 0 Å². The van der Waals surface area contributed by atoms with Crippen molar-refractivity contribution in [2.24, 2.45) is 10.9 Å². The zero-order chi connectivity index (χ0) is 22.1. The maximum Gasteiger partial charge on any atom is 0.325 e. The summed E-state index contributed by atoms with van der Waals surface area (Å²) in [5.74, 6) is 1.15. The summed E-state index contributed by atoms with van der Waals surface area (Å²) >= 11 is 0. The Kier molecular flexibility index (Phi) is 6.18. The topological polar surface area (TPSA) is 71.5 Å². The van der Waals surface area contributed by atoms with Crippen LogP contribution in [0.3, 0.4) is 0 Å². The van der Waals surface area contributed by atoms with Crippen LogP contribution >= 0.6 is 0 Å². The van der Waals surface area contributed by atoms with Crippen LogP contribution in [0.4, 0.5) is 4.79 Å². The molecule has 0 radical (unpaired) electrons. The highest BCUT2D eigenvalue weighted by molar-refractivity contribution is 6.03. The number of carbonyl (C=O) groups is 2. The van der Waals surface area contributed by atoms with Crippen LogP contribution in [-0.2, 0) is 11.3 Å². The molecule has 3 heterocycles. The number of aliphatic imine (C=N–C) groups is 1. The molecule has 0 aliphatic carbocycles. The van der Waals surface area contributed by atoms with Crippen LogP contribution in [0.5, 0.6) is 0 Å². The van der Waals surface area contributed by atoms with E-state index in [-0.39, 0.29) is 11.9 Å². The van der Waals surface area contributed by atoms with Crippen molar-refractivity contribution >= 4 is 17.9 Å². The first-order valence-electron chi connectivity index (χ1n) is 11.3. The Hall–Kier alpha value is -2.61. The lowest BCUT2D eigenvalue weighted by atomic mass is 10.1. The predicted octanol–water partition coefficient (Wildman–Crippen LogP) is 1.71. The van der Waals surface area contributed by atoms with Gasteiger partial charge in [-0.3, -0.25) is 15.0 Å². The number of guanidine groups is 1. The molecule has 3 amide bonds. The summed E-state index contributed by atoms with van der Waals surface area (Å²) in [5.41, 5.74) is 2.70. The van der Waals surface area contributed by atoms with E-state index in [0.717, 1.165) is 51.6 Å². The predicted molar refractivity (Wildman–Crippen MR) is 121 cm³/mol. The Morgan fingerprint density at radius 2 is 1.84 bits per heavy atom. The van der Waals surface area contributed by atoms with Gasteiger partial charge in [0.2, 0.25) is 0 Å². The number of benzene rings is 1. The minimum Gasteiger partial charge on any atom is -0.340 e. The number of hydrogen-bond donors (Lipinski definition) is 1. The molecular formula is C23H34N6O2. The van der Waals surface area contributed by atoms with Crippen molar-refractivity contribution in [1.82, 2.24) is 24.9 Å². The smallest absolute Gasteiger partial charge is 0.325 e. The molecule has 2 saturated heterocycles. The number of hydrogen-bond acceptors (Lipinski definition) is 6. The molecule has 2 unspecified atom stereocenters. The molecule has 1 aromatic rings. The molecule has 3 aliphatic heterocycles. The second kappa shape index (κ2) is 8.86. The summed E-state index contributed by atoms with van der Waals surface area (Å²) in [6.45, 7) is 11.9. The number of likely N-dealkylation sites (N-methyl/N-ethyl adjacent to an activating group) is 1. The number of aryl methyl sites for hydroxylation is 1. The molecule has 4 rings (SSSR count). The minimum atomic E-state index is -0.451. The molecule has 0 bridgehead atoms. The standard InChI is InChI=1S/C23H34N6O2/c1-16(2)9-10-29-19-20(26(4)23(31)25-21(19)30)24-22(29)28-13-11-27(12-14-28)15-18-8-6-5-7-17(18)3/h5-8,16,19-20H,9-15H2,1-4H3,(H,25,30,31). The first kappa shape index (κ1) is 21.6. The summed E-state index contributed by atoms with van der Waals surface area (Å²) in [4.78, 5) is 38.2. The van der Waals surface area contributed by atoms with Gasteiger partial charge in [-0.25, -0.2) is 9.79 Å². The minimum absolute atomic E-state index is 0.242. The van der Waals surface area contributed by atoms with E-state index >= 15 is 0 Å². The first-order chi connectivity index (χ1) is 14.8. The van der Waals surface area contributed by atoms with Gasteiger partial charge >= 0.3 is 6.03 Å². The van der Waals surface area contributed by atoms with E-state index in [1.165, 1.54) is 11.1 Å². The molecule has 3 aliphatic rings. The number of piperazine rings is 1. The quantitative estimate of drug-likeness (QED) is 0.776. The average molecular weight is 427 g/mol. The van der Waals surface area contributed by atoms with Crippen LogP contribution in [0.15, 0.2) is 29.3 Å². The van der Waals surface area contributed by atoms with E-state index < -0.39 is 12.2 Å². The second-order valence-electron chi connectivity index (χ2n) is 9.26. The molecule has 0 aromatic heterocycles. The van der Waals surface area contributed by atoms with Crippen LogP contribution in [0.25, 0.3) is 0 Å². The molecular weight excluding hydrogens is 392 g/mol. The molecule has 0 saturated carbocycles. The Morgan fingerprint density at radius 1 is 1.13 bits per heavy atom. The third kappa shape index (κ3) is 4.39. The SMILES string of the molecule is Cc1ccccc1CN1CCN(C2=NC3C(C(=O)NC(=O)N3C)N2CCC(C)C)CC1. The van der Waals surface area contributed by atoms with Gasteiger partial charge in [0.15, 0.2) is 18.2 Å². The van der Waals surface area contributed by atoms with Crippen LogP contribution in [-0.4, -0.2) is 89.5 Å². The van der Waals surface area contributed by atoms with Gasteiger partial charge in [-0.05, 0) is 30.4 Å². The number of urea groups is 1. The normalized spacial score (nSPS) is 24.5. The molecule has 8 nitrogen and oxygen atoms in total. The number of amides is 3. The number of imide groups is 1. The third-order valence-corrected chi connectivity index (χ3v) is 6.60. The highest BCUT2D eigenvalue weighted by Gasteiger charge is 2.49. The van der Waals surface area contributed by atoms with Gasteiger partial charge < -0.3 is 14.7 Å². The summed E-state index contributed by atoms with van der Waals surface area (Å²) in [7, 11) is 1.71. The fraction of sp³-hybridized carbons (Fsp3) is 0.609. The first-order valence-corrected chi connectivity index (χ1v) is 11.3. The van der Waals surface area contributed by atoms with Gasteiger partial charge in [0.25, 0.3) is 5.91 Å². The van der Waals surface area contributed by atoms with Gasteiger partial charge in [-0.1, -0.05) is 38.1 Å². The molecule has 2 fully saturated rings. The maximum absolute atomic E-state index is 12.7. The number of nitrogens with zero attached hydrogens (tertiary/aromatic N) is 5. The summed E-state index contributed by atoms with van der Waals surface area (Å²) in [6.07, 6.45) is 0.522. The van der Waals surface area contributed by atoms with Crippen LogP contribution < -0.4 is 5.32 Å². The van der Waals surface area contributed by atoms with E-state index in [1.54, 1.807) is 11.9 Å². The molecule has 31 heavy (non-hydrogen) atoms. The molecule has 1 N–H and O–H groups in total. The number of carbonyl (C=O) groups excluding carboxylic acids is 2. The van der Waals surface area contributed by atoms with Crippen LogP contribution in [0.1, 0.15) is 31.4 Å². The largest absolute Gasteiger partial charge is 0.340 e. The summed E-state index contributed by atoms with van der Waals surface area (Å²) in [6, 6.07) is 7.73. The van der Waals surface area contributed by atoms with Gasteiger partial charge in [0.1, 0.15) is 0 Å². The van der Waals surface area contributed by atoms with Crippen molar-refractivity contribution in [2.75, 3.05) is 39.8 Å². The molecule has 168 valence electrons. The van der Waals surface area contributed by atoms with Crippen molar-refractivity contribution in [3.8, 4) is 0 Å². The zero-order valence-electron chi connectivity index (χ0n) is 19.0. The van der Waals surface area contributed by atoms with E-state index in [4.69, 9.17) is 4.99 Å². The van der Waals surface area contributed by atoms with Gasteiger partial charge in [-0.2, -0.15) is 0 Å². The summed E-state index contributed by atoms with van der Waals surface area (Å²) < 4.78 is 0. The Bertz CT molecular complexity index is 861. The number of fused-ring (bicyclic) bond motifs is 1. The lowest BCUT2D eigenvalue weighted by molar-refractivity contribution is -0.127. The van der Waals surface area contributed by atoms with Crippen LogP contribution in [0.2, 0.25) is 0 Å². The Labute approximate surface area is 184 Å². The Morgan fingerprint density at radius 3 is 2.52 bits per heavy atom. The van der Waals surface area contributed by atoms with Gasteiger partial charge in [0.05, 0.1) is 0 Å². The Balaban J connectivity index is 1.47. The fourth-order valence-electron chi connectivity index (χ4n) is 4.55. The number of nitrogens with one attached hydrogen (secondary N) is 1. The number of rotatable bonds is 5. The molecule has 2 atom stereocenters. The average Bonchev–Trinajstić information content (AvgIpc) is 3.13. The zero-order valence-corrected chi connectivity index (χ0v) is 19.0. The monoisotopic (exact) mass is 426 g/mol. The highest BCUT2D eigenvalue weighted by Crippen LogP contribution is 2.27.